The molecular weight excluding hydrogens is 198 g/mol. The average Bonchev–Trinajstić information content (AvgIpc) is 2.80. The number of anilines is 1. The second-order valence-corrected chi connectivity index (χ2v) is 4.73. The van der Waals surface area contributed by atoms with Crippen molar-refractivity contribution < 1.29 is 4.79 Å². The molecule has 1 aromatic carbocycles. The van der Waals surface area contributed by atoms with Crippen LogP contribution in [0.5, 0.6) is 0 Å². The minimum absolute atomic E-state index is 0.256. The van der Waals surface area contributed by atoms with Gasteiger partial charge in [0.2, 0.25) is 0 Å². The molecule has 0 unspecified atom stereocenters. The molecule has 0 saturated heterocycles. The highest BCUT2D eigenvalue weighted by Crippen LogP contribution is 2.29. The number of ketones is 1. The van der Waals surface area contributed by atoms with E-state index < -0.39 is 0 Å². The van der Waals surface area contributed by atoms with Crippen LogP contribution in [-0.4, -0.2) is 5.78 Å². The zero-order chi connectivity index (χ0) is 11.4. The Morgan fingerprint density at radius 3 is 2.44 bits per heavy atom. The van der Waals surface area contributed by atoms with E-state index in [-0.39, 0.29) is 5.78 Å². The van der Waals surface area contributed by atoms with Crippen molar-refractivity contribution in [3.8, 4) is 0 Å². The topological polar surface area (TPSA) is 43.1 Å². The monoisotopic (exact) mass is 217 g/mol. The molecule has 0 aromatic heterocycles. The Morgan fingerprint density at radius 1 is 1.19 bits per heavy atom. The van der Waals surface area contributed by atoms with Crippen LogP contribution in [0.1, 0.15) is 48.9 Å². The van der Waals surface area contributed by atoms with Crippen molar-refractivity contribution in [2.24, 2.45) is 5.92 Å². The lowest BCUT2D eigenvalue weighted by Gasteiger charge is -2.07. The van der Waals surface area contributed by atoms with Crippen LogP contribution >= 0.6 is 0 Å². The van der Waals surface area contributed by atoms with Gasteiger partial charge in [-0.3, -0.25) is 4.79 Å². The molecule has 1 aliphatic carbocycles. The van der Waals surface area contributed by atoms with Crippen molar-refractivity contribution in [1.29, 1.82) is 0 Å². The third-order valence-corrected chi connectivity index (χ3v) is 3.49. The lowest BCUT2D eigenvalue weighted by Crippen LogP contribution is -2.03. The molecule has 0 aliphatic heterocycles. The van der Waals surface area contributed by atoms with Crippen LogP contribution in [0.2, 0.25) is 0 Å². The van der Waals surface area contributed by atoms with E-state index >= 15 is 0 Å². The molecule has 0 radical (unpaired) electrons. The molecule has 0 amide bonds. The summed E-state index contributed by atoms with van der Waals surface area (Å²) in [5.74, 6) is 1.05. The molecule has 2 N–H and O–H groups in total. The van der Waals surface area contributed by atoms with Gasteiger partial charge in [-0.25, -0.2) is 0 Å². The van der Waals surface area contributed by atoms with Crippen LogP contribution in [0.15, 0.2) is 24.3 Å². The molecule has 2 heteroatoms. The van der Waals surface area contributed by atoms with Gasteiger partial charge in [0.1, 0.15) is 0 Å². The van der Waals surface area contributed by atoms with Crippen LogP contribution in [0.4, 0.5) is 5.69 Å². The van der Waals surface area contributed by atoms with Crippen LogP contribution in [-0.2, 0) is 0 Å². The number of nitrogen functional groups attached to an aromatic ring is 1. The van der Waals surface area contributed by atoms with Crippen LogP contribution < -0.4 is 5.73 Å². The van der Waals surface area contributed by atoms with E-state index in [4.69, 9.17) is 5.73 Å². The average molecular weight is 217 g/mol. The summed E-state index contributed by atoms with van der Waals surface area (Å²) in [6, 6.07) is 7.24. The zero-order valence-corrected chi connectivity index (χ0v) is 9.61. The van der Waals surface area contributed by atoms with Crippen molar-refractivity contribution in [2.75, 3.05) is 5.73 Å². The number of rotatable bonds is 4. The molecule has 0 atom stereocenters. The van der Waals surface area contributed by atoms with Gasteiger partial charge in [0.25, 0.3) is 0 Å². The van der Waals surface area contributed by atoms with Gasteiger partial charge in [-0.05, 0) is 36.6 Å². The molecule has 1 saturated carbocycles. The highest BCUT2D eigenvalue weighted by molar-refractivity contribution is 5.96. The fraction of sp³-hybridized carbons (Fsp3) is 0.500. The van der Waals surface area contributed by atoms with E-state index in [2.05, 4.69) is 0 Å². The first kappa shape index (κ1) is 11.2. The van der Waals surface area contributed by atoms with Gasteiger partial charge >= 0.3 is 0 Å². The Morgan fingerprint density at radius 2 is 1.81 bits per heavy atom. The van der Waals surface area contributed by atoms with Gasteiger partial charge in [0, 0.05) is 17.7 Å². The minimum Gasteiger partial charge on any atom is -0.399 e. The highest BCUT2D eigenvalue weighted by atomic mass is 16.1. The summed E-state index contributed by atoms with van der Waals surface area (Å²) in [6.45, 7) is 0. The minimum atomic E-state index is 0.256. The summed E-state index contributed by atoms with van der Waals surface area (Å²) >= 11 is 0. The maximum Gasteiger partial charge on any atom is 0.162 e. The number of Topliss-reactive ketones (excluding diaryl/α,β-unsaturated/α-hetero) is 1. The van der Waals surface area contributed by atoms with Gasteiger partial charge in [-0.15, -0.1) is 0 Å². The fourth-order valence-corrected chi connectivity index (χ4v) is 2.45. The fourth-order valence-electron chi connectivity index (χ4n) is 2.45. The first-order valence-electron chi connectivity index (χ1n) is 6.14. The number of hydrogen-bond acceptors (Lipinski definition) is 2. The molecule has 16 heavy (non-hydrogen) atoms. The Balaban J connectivity index is 1.85. The predicted molar refractivity (Wildman–Crippen MR) is 66.4 cm³/mol. The Bertz CT molecular complexity index is 350. The summed E-state index contributed by atoms with van der Waals surface area (Å²) < 4.78 is 0. The number of carbonyl (C=O) groups excluding carboxylic acids is 1. The van der Waals surface area contributed by atoms with Crippen LogP contribution in [0.3, 0.4) is 0 Å². The molecule has 86 valence electrons. The maximum absolute atomic E-state index is 11.9. The quantitative estimate of drug-likeness (QED) is 0.620. The standard InChI is InChI=1S/C14H19NO/c15-13-8-6-12(7-9-13)14(16)10-5-11-3-1-2-4-11/h6-9,11H,1-5,10,15H2. The third kappa shape index (κ3) is 2.84. The van der Waals surface area contributed by atoms with E-state index in [0.29, 0.717) is 12.1 Å². The summed E-state index contributed by atoms with van der Waals surface area (Å²) in [5.41, 5.74) is 7.10. The van der Waals surface area contributed by atoms with Gasteiger partial charge in [-0.2, -0.15) is 0 Å². The Labute approximate surface area is 96.8 Å². The summed E-state index contributed by atoms with van der Waals surface area (Å²) in [4.78, 5) is 11.9. The van der Waals surface area contributed by atoms with E-state index in [9.17, 15) is 4.79 Å². The van der Waals surface area contributed by atoms with Crippen molar-refractivity contribution in [3.05, 3.63) is 29.8 Å². The molecule has 1 fully saturated rings. The molecule has 0 spiro atoms. The Kier molecular flexibility index (Phi) is 3.60. The van der Waals surface area contributed by atoms with Crippen LogP contribution in [0, 0.1) is 5.92 Å². The largest absolute Gasteiger partial charge is 0.399 e. The van der Waals surface area contributed by atoms with Crippen molar-refractivity contribution in [1.82, 2.24) is 0 Å². The first-order chi connectivity index (χ1) is 7.75. The molecule has 0 heterocycles. The molecule has 1 aliphatic rings. The SMILES string of the molecule is Nc1ccc(C(=O)CCC2CCCC2)cc1. The van der Waals surface area contributed by atoms with Gasteiger partial charge in [-0.1, -0.05) is 25.7 Å². The zero-order valence-electron chi connectivity index (χ0n) is 9.61. The Hall–Kier alpha value is -1.31. The second-order valence-electron chi connectivity index (χ2n) is 4.73. The van der Waals surface area contributed by atoms with Crippen molar-refractivity contribution in [2.45, 2.75) is 38.5 Å². The van der Waals surface area contributed by atoms with Crippen molar-refractivity contribution >= 4 is 11.5 Å². The molecular formula is C14H19NO. The summed E-state index contributed by atoms with van der Waals surface area (Å²) in [7, 11) is 0. The van der Waals surface area contributed by atoms with E-state index in [1.165, 1.54) is 25.7 Å². The third-order valence-electron chi connectivity index (χ3n) is 3.49. The smallest absolute Gasteiger partial charge is 0.162 e. The van der Waals surface area contributed by atoms with Gasteiger partial charge in [0.15, 0.2) is 5.78 Å². The highest BCUT2D eigenvalue weighted by Gasteiger charge is 2.16. The first-order valence-corrected chi connectivity index (χ1v) is 6.14. The van der Waals surface area contributed by atoms with Crippen molar-refractivity contribution in [3.63, 3.8) is 0 Å². The van der Waals surface area contributed by atoms with Gasteiger partial charge in [0.05, 0.1) is 0 Å². The lowest BCUT2D eigenvalue weighted by atomic mass is 9.97. The number of nitrogens with two attached hydrogens (primary N) is 1. The normalized spacial score (nSPS) is 16.5. The molecule has 0 bridgehead atoms. The number of carbonyl (C=O) groups is 1. The molecule has 2 rings (SSSR count). The van der Waals surface area contributed by atoms with E-state index in [0.717, 1.165) is 17.9 Å². The van der Waals surface area contributed by atoms with E-state index in [1.54, 1.807) is 12.1 Å². The second kappa shape index (κ2) is 5.15. The lowest BCUT2D eigenvalue weighted by molar-refractivity contribution is 0.0974. The molecule has 1 aromatic rings. The number of benzene rings is 1. The van der Waals surface area contributed by atoms with Gasteiger partial charge < -0.3 is 5.73 Å². The van der Waals surface area contributed by atoms with E-state index in [1.807, 2.05) is 12.1 Å². The summed E-state index contributed by atoms with van der Waals surface area (Å²) in [6.07, 6.45) is 7.07. The predicted octanol–water partition coefficient (Wildman–Crippen LogP) is 3.42. The summed E-state index contributed by atoms with van der Waals surface area (Å²) in [5, 5.41) is 0. The van der Waals surface area contributed by atoms with Crippen LogP contribution in [0.25, 0.3) is 0 Å². The number of hydrogen-bond donors (Lipinski definition) is 1. The molecule has 2 nitrogen and oxygen atoms in total. The maximum atomic E-state index is 11.9.